The van der Waals surface area contributed by atoms with Crippen LogP contribution in [0.2, 0.25) is 0 Å². The third-order valence-electron chi connectivity index (χ3n) is 2.11. The van der Waals surface area contributed by atoms with Gasteiger partial charge in [0.25, 0.3) is 0 Å². The number of ether oxygens (including phenoxy) is 1. The van der Waals surface area contributed by atoms with E-state index in [0.717, 1.165) is 16.7 Å². The van der Waals surface area contributed by atoms with Crippen LogP contribution in [0.25, 0.3) is 11.0 Å². The zero-order valence-electron chi connectivity index (χ0n) is 8.49. The Morgan fingerprint density at radius 2 is 2.40 bits per heavy atom. The van der Waals surface area contributed by atoms with E-state index >= 15 is 0 Å². The van der Waals surface area contributed by atoms with Gasteiger partial charge in [-0.05, 0) is 18.2 Å². The number of aromatic nitrogens is 1. The number of rotatable bonds is 4. The highest BCUT2D eigenvalue weighted by molar-refractivity contribution is 5.89. The van der Waals surface area contributed by atoms with Crippen LogP contribution < -0.4 is 15.8 Å². The Morgan fingerprint density at radius 1 is 1.53 bits per heavy atom. The number of fused-ring (bicyclic) bond motifs is 1. The van der Waals surface area contributed by atoms with Gasteiger partial charge in [-0.2, -0.15) is 0 Å². The molecule has 0 saturated carbocycles. The minimum Gasteiger partial charge on any atom is -0.497 e. The van der Waals surface area contributed by atoms with E-state index in [9.17, 15) is 0 Å². The molecule has 0 radical (unpaired) electrons. The highest BCUT2D eigenvalue weighted by atomic mass is 16.5. The van der Waals surface area contributed by atoms with Crippen LogP contribution in [0.1, 0.15) is 0 Å². The van der Waals surface area contributed by atoms with Crippen LogP contribution in [-0.4, -0.2) is 25.4 Å². The lowest BCUT2D eigenvalue weighted by atomic mass is 10.2. The second-order valence-electron chi connectivity index (χ2n) is 3.11. The first-order chi connectivity index (χ1) is 7.35. The number of hydrogen-bond acceptors (Lipinski definition) is 5. The summed E-state index contributed by atoms with van der Waals surface area (Å²) < 4.78 is 10.3. The molecule has 2 rings (SSSR count). The number of nitrogens with two attached hydrogens (primary N) is 1. The van der Waals surface area contributed by atoms with Crippen molar-refractivity contribution in [2.24, 2.45) is 5.73 Å². The van der Waals surface area contributed by atoms with Crippen LogP contribution >= 0.6 is 0 Å². The lowest BCUT2D eigenvalue weighted by Crippen LogP contribution is -2.13. The van der Waals surface area contributed by atoms with E-state index < -0.39 is 0 Å². The third kappa shape index (κ3) is 1.87. The van der Waals surface area contributed by atoms with Crippen LogP contribution in [0.4, 0.5) is 5.82 Å². The summed E-state index contributed by atoms with van der Waals surface area (Å²) in [5, 5.41) is 7.90. The summed E-state index contributed by atoms with van der Waals surface area (Å²) in [5.41, 5.74) is 6.13. The highest BCUT2D eigenvalue weighted by Gasteiger charge is 2.07. The van der Waals surface area contributed by atoms with Gasteiger partial charge in [0, 0.05) is 13.1 Å². The average molecular weight is 207 g/mol. The quantitative estimate of drug-likeness (QED) is 0.788. The number of anilines is 1. The maximum atomic E-state index is 5.40. The lowest BCUT2D eigenvalue weighted by molar-refractivity contribution is 0.415. The lowest BCUT2D eigenvalue weighted by Gasteiger charge is -2.00. The van der Waals surface area contributed by atoms with Crippen LogP contribution in [0, 0.1) is 0 Å². The van der Waals surface area contributed by atoms with E-state index in [4.69, 9.17) is 15.0 Å². The topological polar surface area (TPSA) is 73.3 Å². The molecule has 5 heteroatoms. The summed E-state index contributed by atoms with van der Waals surface area (Å²) >= 11 is 0. The second kappa shape index (κ2) is 4.18. The van der Waals surface area contributed by atoms with Gasteiger partial charge in [0.05, 0.1) is 12.5 Å². The van der Waals surface area contributed by atoms with Crippen molar-refractivity contribution in [3.8, 4) is 5.75 Å². The Morgan fingerprint density at radius 3 is 3.13 bits per heavy atom. The number of benzene rings is 1. The zero-order chi connectivity index (χ0) is 10.7. The van der Waals surface area contributed by atoms with E-state index in [1.54, 1.807) is 7.11 Å². The van der Waals surface area contributed by atoms with Crippen molar-refractivity contribution in [1.82, 2.24) is 5.16 Å². The molecule has 0 aliphatic carbocycles. The minimum atomic E-state index is 0.554. The number of nitrogens with one attached hydrogen (secondary N) is 1. The molecule has 15 heavy (non-hydrogen) atoms. The predicted molar refractivity (Wildman–Crippen MR) is 58.1 cm³/mol. The Hall–Kier alpha value is -1.75. The fraction of sp³-hybridized carbons (Fsp3) is 0.300. The molecule has 0 spiro atoms. The second-order valence-corrected chi connectivity index (χ2v) is 3.11. The SMILES string of the molecule is COc1ccc2onc(NCCN)c2c1. The Bertz CT molecular complexity index is 453. The van der Waals surface area contributed by atoms with Gasteiger partial charge in [-0.1, -0.05) is 5.16 Å². The molecule has 1 aromatic heterocycles. The van der Waals surface area contributed by atoms with Crippen molar-refractivity contribution in [3.63, 3.8) is 0 Å². The number of methoxy groups -OCH3 is 1. The van der Waals surface area contributed by atoms with Gasteiger partial charge in [-0.15, -0.1) is 0 Å². The molecule has 1 heterocycles. The fourth-order valence-corrected chi connectivity index (χ4v) is 1.36. The Labute approximate surface area is 87.2 Å². The third-order valence-corrected chi connectivity index (χ3v) is 2.11. The van der Waals surface area contributed by atoms with Crippen molar-refractivity contribution in [2.45, 2.75) is 0 Å². The Kier molecular flexibility index (Phi) is 2.73. The van der Waals surface area contributed by atoms with Gasteiger partial charge in [0.15, 0.2) is 11.4 Å². The molecule has 0 aliphatic rings. The molecule has 0 bridgehead atoms. The molecule has 2 aromatic rings. The monoisotopic (exact) mass is 207 g/mol. The molecule has 0 amide bonds. The van der Waals surface area contributed by atoms with Gasteiger partial charge in [-0.3, -0.25) is 0 Å². The molecule has 0 saturated heterocycles. The van der Waals surface area contributed by atoms with Crippen molar-refractivity contribution in [1.29, 1.82) is 0 Å². The zero-order valence-corrected chi connectivity index (χ0v) is 8.49. The summed E-state index contributed by atoms with van der Waals surface area (Å²) in [5.74, 6) is 1.48. The van der Waals surface area contributed by atoms with Crippen LogP contribution in [0.15, 0.2) is 22.7 Å². The van der Waals surface area contributed by atoms with Crippen molar-refractivity contribution < 1.29 is 9.26 Å². The molecule has 80 valence electrons. The predicted octanol–water partition coefficient (Wildman–Crippen LogP) is 1.21. The number of hydrogen-bond donors (Lipinski definition) is 2. The van der Waals surface area contributed by atoms with E-state index in [1.165, 1.54) is 0 Å². The molecular formula is C10H13N3O2. The van der Waals surface area contributed by atoms with Gasteiger partial charge >= 0.3 is 0 Å². The van der Waals surface area contributed by atoms with Gasteiger partial charge in [0.2, 0.25) is 0 Å². The van der Waals surface area contributed by atoms with Crippen molar-refractivity contribution in [3.05, 3.63) is 18.2 Å². The van der Waals surface area contributed by atoms with Crippen molar-refractivity contribution in [2.75, 3.05) is 25.5 Å². The van der Waals surface area contributed by atoms with Crippen molar-refractivity contribution >= 4 is 16.8 Å². The van der Waals surface area contributed by atoms with E-state index in [-0.39, 0.29) is 0 Å². The molecule has 1 aromatic carbocycles. The standard InChI is InChI=1S/C10H13N3O2/c1-14-7-2-3-9-8(6-7)10(13-15-9)12-5-4-11/h2-3,6H,4-5,11H2,1H3,(H,12,13). The first-order valence-electron chi connectivity index (χ1n) is 4.72. The van der Waals surface area contributed by atoms with Gasteiger partial charge in [-0.25, -0.2) is 0 Å². The molecule has 0 aliphatic heterocycles. The average Bonchev–Trinajstić information content (AvgIpc) is 2.68. The summed E-state index contributed by atoms with van der Waals surface area (Å²) in [6.07, 6.45) is 0. The summed E-state index contributed by atoms with van der Waals surface area (Å²) in [7, 11) is 1.63. The molecule has 5 nitrogen and oxygen atoms in total. The molecule has 3 N–H and O–H groups in total. The summed E-state index contributed by atoms with van der Waals surface area (Å²) in [6, 6.07) is 5.54. The number of nitrogens with zero attached hydrogens (tertiary/aromatic N) is 1. The van der Waals surface area contributed by atoms with E-state index in [2.05, 4.69) is 10.5 Å². The maximum absolute atomic E-state index is 5.40. The minimum absolute atomic E-state index is 0.554. The largest absolute Gasteiger partial charge is 0.497 e. The van der Waals surface area contributed by atoms with Crippen LogP contribution in [-0.2, 0) is 0 Å². The summed E-state index contributed by atoms with van der Waals surface area (Å²) in [4.78, 5) is 0. The van der Waals surface area contributed by atoms with E-state index in [1.807, 2.05) is 18.2 Å². The van der Waals surface area contributed by atoms with Crippen LogP contribution in [0.5, 0.6) is 5.75 Å². The Balaban J connectivity index is 2.38. The van der Waals surface area contributed by atoms with E-state index in [0.29, 0.717) is 18.9 Å². The molecular weight excluding hydrogens is 194 g/mol. The van der Waals surface area contributed by atoms with Gasteiger partial charge < -0.3 is 20.3 Å². The maximum Gasteiger partial charge on any atom is 0.177 e. The first-order valence-corrected chi connectivity index (χ1v) is 4.72. The molecule has 0 atom stereocenters. The smallest absolute Gasteiger partial charge is 0.177 e. The van der Waals surface area contributed by atoms with Gasteiger partial charge in [0.1, 0.15) is 5.75 Å². The normalized spacial score (nSPS) is 10.5. The summed E-state index contributed by atoms with van der Waals surface area (Å²) in [6.45, 7) is 1.22. The highest BCUT2D eigenvalue weighted by Crippen LogP contribution is 2.26. The first kappa shape index (κ1) is 9.79. The van der Waals surface area contributed by atoms with Crippen LogP contribution in [0.3, 0.4) is 0 Å². The molecule has 0 unspecified atom stereocenters. The molecule has 0 fully saturated rings. The fourth-order valence-electron chi connectivity index (χ4n) is 1.36.